The number of sulfonamides is 1. The lowest BCUT2D eigenvalue weighted by molar-refractivity contribution is -0.141. The average Bonchev–Trinajstić information content (AvgIpc) is 2.63. The van der Waals surface area contributed by atoms with Gasteiger partial charge < -0.3 is 5.73 Å². The topological polar surface area (TPSA) is 114 Å². The minimum Gasteiger partial charge on any atom is -0.368 e. The van der Waals surface area contributed by atoms with Crippen LogP contribution in [0.4, 0.5) is 13.2 Å². The fourth-order valence-electron chi connectivity index (χ4n) is 2.36. The van der Waals surface area contributed by atoms with Gasteiger partial charge in [-0.05, 0) is 23.8 Å². The standard InChI is InChI=1S/C17H17F3N4O4S/c1-29(27,28)24(11-15(21)25)23(16(26)13-5-3-2-4-6-13)10-12-7-8-14(22-9-12)17(18,19)20/h2-9H,10-11H2,1H3,(H2,21,25). The summed E-state index contributed by atoms with van der Waals surface area (Å²) in [4.78, 5) is 27.6. The fourth-order valence-corrected chi connectivity index (χ4v) is 3.21. The Labute approximate surface area is 164 Å². The van der Waals surface area contributed by atoms with Gasteiger partial charge in [-0.15, -0.1) is 4.41 Å². The van der Waals surface area contributed by atoms with Gasteiger partial charge in [0.25, 0.3) is 5.91 Å². The Bertz CT molecular complexity index is 980. The van der Waals surface area contributed by atoms with Crippen molar-refractivity contribution in [3.05, 3.63) is 65.5 Å². The first-order valence-corrected chi connectivity index (χ1v) is 9.89. The molecule has 12 heteroatoms. The van der Waals surface area contributed by atoms with Crippen LogP contribution < -0.4 is 5.73 Å². The monoisotopic (exact) mass is 430 g/mol. The van der Waals surface area contributed by atoms with Crippen LogP contribution in [0.15, 0.2) is 48.7 Å². The second-order valence-electron chi connectivity index (χ2n) is 5.99. The van der Waals surface area contributed by atoms with Gasteiger partial charge in [-0.2, -0.15) is 13.2 Å². The van der Waals surface area contributed by atoms with Gasteiger partial charge in [-0.3, -0.25) is 19.6 Å². The van der Waals surface area contributed by atoms with Crippen LogP contribution in [0.2, 0.25) is 0 Å². The van der Waals surface area contributed by atoms with Crippen molar-refractivity contribution in [3.8, 4) is 0 Å². The van der Waals surface area contributed by atoms with Crippen molar-refractivity contribution < 1.29 is 31.2 Å². The van der Waals surface area contributed by atoms with E-state index in [1.54, 1.807) is 18.2 Å². The van der Waals surface area contributed by atoms with E-state index in [2.05, 4.69) is 4.98 Å². The van der Waals surface area contributed by atoms with Crippen molar-refractivity contribution in [3.63, 3.8) is 0 Å². The van der Waals surface area contributed by atoms with E-state index in [9.17, 15) is 31.2 Å². The number of alkyl halides is 3. The molecule has 2 rings (SSSR count). The van der Waals surface area contributed by atoms with E-state index in [1.165, 1.54) is 12.1 Å². The second-order valence-corrected chi connectivity index (χ2v) is 7.88. The Balaban J connectivity index is 2.46. The summed E-state index contributed by atoms with van der Waals surface area (Å²) < 4.78 is 62.9. The molecule has 0 atom stereocenters. The first-order chi connectivity index (χ1) is 13.4. The van der Waals surface area contributed by atoms with Gasteiger partial charge in [0, 0.05) is 11.8 Å². The summed E-state index contributed by atoms with van der Waals surface area (Å²) in [6, 6.07) is 9.34. The van der Waals surface area contributed by atoms with Crippen LogP contribution in [0.3, 0.4) is 0 Å². The van der Waals surface area contributed by atoms with Gasteiger partial charge in [0.1, 0.15) is 12.2 Å². The minimum absolute atomic E-state index is 0.102. The molecule has 29 heavy (non-hydrogen) atoms. The largest absolute Gasteiger partial charge is 0.433 e. The summed E-state index contributed by atoms with van der Waals surface area (Å²) in [7, 11) is -4.13. The number of rotatable bonds is 7. The number of aromatic nitrogens is 1. The molecule has 0 radical (unpaired) electrons. The van der Waals surface area contributed by atoms with Crippen LogP contribution in [0.25, 0.3) is 0 Å². The van der Waals surface area contributed by atoms with Crippen LogP contribution in [0, 0.1) is 0 Å². The minimum atomic E-state index is -4.65. The molecule has 2 N–H and O–H groups in total. The number of primary amides is 1. The first-order valence-electron chi connectivity index (χ1n) is 8.04. The Hall–Kier alpha value is -2.99. The molecule has 0 aliphatic heterocycles. The summed E-state index contributed by atoms with van der Waals surface area (Å²) in [6.45, 7) is -1.29. The molecule has 0 aliphatic rings. The molecule has 1 aromatic carbocycles. The molecule has 0 fully saturated rings. The number of carbonyl (C=O) groups excluding carboxylic acids is 2. The number of benzene rings is 1. The Morgan fingerprint density at radius 1 is 1.10 bits per heavy atom. The lowest BCUT2D eigenvalue weighted by Crippen LogP contribution is -2.51. The number of amides is 2. The lowest BCUT2D eigenvalue weighted by atomic mass is 10.2. The summed E-state index contributed by atoms with van der Waals surface area (Å²) in [6.07, 6.45) is -3.01. The summed E-state index contributed by atoms with van der Waals surface area (Å²) >= 11 is 0. The van der Waals surface area contributed by atoms with Gasteiger partial charge in [0.05, 0.1) is 12.8 Å². The van der Waals surface area contributed by atoms with Crippen LogP contribution in [-0.2, 0) is 27.5 Å². The second kappa shape index (κ2) is 8.57. The molecule has 0 saturated heterocycles. The quantitative estimate of drug-likeness (QED) is 0.667. The molecule has 8 nitrogen and oxygen atoms in total. The lowest BCUT2D eigenvalue weighted by Gasteiger charge is -2.32. The van der Waals surface area contributed by atoms with E-state index in [0.29, 0.717) is 10.5 Å². The van der Waals surface area contributed by atoms with Crippen molar-refractivity contribution in [1.29, 1.82) is 0 Å². The zero-order valence-corrected chi connectivity index (χ0v) is 15.9. The van der Waals surface area contributed by atoms with Gasteiger partial charge in [-0.1, -0.05) is 24.3 Å². The van der Waals surface area contributed by atoms with E-state index in [4.69, 9.17) is 5.73 Å². The Morgan fingerprint density at radius 3 is 2.17 bits per heavy atom. The highest BCUT2D eigenvalue weighted by Crippen LogP contribution is 2.27. The number of pyridine rings is 1. The highest BCUT2D eigenvalue weighted by Gasteiger charge is 2.33. The fraction of sp³-hybridized carbons (Fsp3) is 0.235. The Kier molecular flexibility index (Phi) is 6.59. The third kappa shape index (κ3) is 5.99. The zero-order chi connectivity index (χ0) is 21.8. The number of carbonyl (C=O) groups is 2. The molecule has 0 bridgehead atoms. The number of halogens is 3. The highest BCUT2D eigenvalue weighted by molar-refractivity contribution is 7.88. The van der Waals surface area contributed by atoms with Crippen LogP contribution in [0.1, 0.15) is 21.6 Å². The van der Waals surface area contributed by atoms with Crippen LogP contribution in [-0.4, -0.2) is 47.4 Å². The molecule has 0 saturated carbocycles. The normalized spacial score (nSPS) is 12.0. The van der Waals surface area contributed by atoms with Gasteiger partial charge in [0.15, 0.2) is 0 Å². The number of hydrogen-bond donors (Lipinski definition) is 1. The molecule has 2 aromatic rings. The maximum atomic E-state index is 12.9. The Morgan fingerprint density at radius 2 is 1.72 bits per heavy atom. The van der Waals surface area contributed by atoms with Crippen molar-refractivity contribution in [2.45, 2.75) is 12.7 Å². The third-order valence-corrected chi connectivity index (χ3v) is 4.74. The number of nitrogens with two attached hydrogens (primary N) is 1. The molecular formula is C17H17F3N4O4S. The number of nitrogens with zero attached hydrogens (tertiary/aromatic N) is 3. The van der Waals surface area contributed by atoms with Crippen LogP contribution in [0.5, 0.6) is 0 Å². The van der Waals surface area contributed by atoms with Gasteiger partial charge >= 0.3 is 6.18 Å². The number of hydrazine groups is 1. The molecule has 0 aliphatic carbocycles. The maximum absolute atomic E-state index is 12.9. The zero-order valence-electron chi connectivity index (χ0n) is 15.1. The van der Waals surface area contributed by atoms with Gasteiger partial charge in [-0.25, -0.2) is 8.42 Å². The predicted molar refractivity (Wildman–Crippen MR) is 96.3 cm³/mol. The summed E-state index contributed by atoms with van der Waals surface area (Å²) in [5.41, 5.74) is 4.18. The molecule has 0 unspecified atom stereocenters. The molecule has 2 amide bonds. The van der Waals surface area contributed by atoms with E-state index in [0.717, 1.165) is 23.5 Å². The smallest absolute Gasteiger partial charge is 0.368 e. The number of hydrogen-bond acceptors (Lipinski definition) is 5. The first kappa shape index (κ1) is 22.3. The molecular weight excluding hydrogens is 413 g/mol. The molecule has 1 aromatic heterocycles. The summed E-state index contributed by atoms with van der Waals surface area (Å²) in [5, 5.41) is 0.722. The van der Waals surface area contributed by atoms with Crippen molar-refractivity contribution in [1.82, 2.24) is 14.4 Å². The van der Waals surface area contributed by atoms with E-state index in [1.807, 2.05) is 0 Å². The molecule has 0 spiro atoms. The van der Waals surface area contributed by atoms with E-state index in [-0.39, 0.29) is 11.1 Å². The van der Waals surface area contributed by atoms with Crippen molar-refractivity contribution >= 4 is 21.8 Å². The SMILES string of the molecule is CS(=O)(=O)N(CC(N)=O)N(Cc1ccc(C(F)(F)F)nc1)C(=O)c1ccccc1. The predicted octanol–water partition coefficient (Wildman–Crippen LogP) is 1.40. The maximum Gasteiger partial charge on any atom is 0.433 e. The molecule has 1 heterocycles. The highest BCUT2D eigenvalue weighted by atomic mass is 32.2. The van der Waals surface area contributed by atoms with E-state index < -0.39 is 46.8 Å². The van der Waals surface area contributed by atoms with E-state index >= 15 is 0 Å². The van der Waals surface area contributed by atoms with Gasteiger partial charge in [0.2, 0.25) is 15.9 Å². The summed E-state index contributed by atoms with van der Waals surface area (Å²) in [5.74, 6) is -1.82. The average molecular weight is 430 g/mol. The third-order valence-electron chi connectivity index (χ3n) is 3.65. The molecule has 156 valence electrons. The van der Waals surface area contributed by atoms with Crippen LogP contribution >= 0.6 is 0 Å². The van der Waals surface area contributed by atoms with Crippen molar-refractivity contribution in [2.24, 2.45) is 5.73 Å². The van der Waals surface area contributed by atoms with Crippen molar-refractivity contribution in [2.75, 3.05) is 12.8 Å².